The van der Waals surface area contributed by atoms with Gasteiger partial charge in [-0.2, -0.15) is 0 Å². The monoisotopic (exact) mass is 382 g/mol. The van der Waals surface area contributed by atoms with Crippen LogP contribution in [-0.4, -0.2) is 76.3 Å². The summed E-state index contributed by atoms with van der Waals surface area (Å²) in [5, 5.41) is 0. The highest BCUT2D eigenvalue weighted by Gasteiger charge is 2.45. The number of hydrogen-bond donors (Lipinski definition) is 0. The topological polar surface area (TPSA) is 56.8 Å². The molecule has 6 nitrogen and oxygen atoms in total. The van der Waals surface area contributed by atoms with Crippen molar-refractivity contribution in [3.8, 4) is 0 Å². The highest BCUT2D eigenvalue weighted by molar-refractivity contribution is 5.93. The van der Waals surface area contributed by atoms with Crippen LogP contribution < -0.4 is 0 Å². The van der Waals surface area contributed by atoms with Crippen LogP contribution in [0.2, 0.25) is 0 Å². The van der Waals surface area contributed by atoms with E-state index >= 15 is 0 Å². The molecule has 1 aromatic rings. The summed E-state index contributed by atoms with van der Waals surface area (Å²) in [6.07, 6.45) is 9.78. The normalized spacial score (nSPS) is 31.6. The smallest absolute Gasteiger partial charge is 0.255 e. The second kappa shape index (κ2) is 7.47. The molecule has 5 heterocycles. The van der Waals surface area contributed by atoms with Crippen molar-refractivity contribution < 1.29 is 9.59 Å². The maximum absolute atomic E-state index is 12.7. The van der Waals surface area contributed by atoms with Crippen LogP contribution >= 0.6 is 0 Å². The van der Waals surface area contributed by atoms with Gasteiger partial charge in [-0.3, -0.25) is 19.5 Å². The molecule has 3 atom stereocenters. The number of pyridine rings is 1. The second-order valence-electron chi connectivity index (χ2n) is 9.09. The number of fused-ring (bicyclic) bond motifs is 4. The van der Waals surface area contributed by atoms with Crippen LogP contribution in [-0.2, 0) is 4.79 Å². The van der Waals surface area contributed by atoms with Gasteiger partial charge in [0.2, 0.25) is 5.91 Å². The fraction of sp³-hybridized carbons (Fsp3) is 0.682. The van der Waals surface area contributed by atoms with Crippen molar-refractivity contribution in [3.63, 3.8) is 0 Å². The van der Waals surface area contributed by atoms with E-state index in [9.17, 15) is 9.59 Å². The third kappa shape index (κ3) is 3.32. The average Bonchev–Trinajstić information content (AvgIpc) is 2.75. The molecule has 2 amide bonds. The molecule has 4 aliphatic heterocycles. The maximum atomic E-state index is 12.7. The quantitative estimate of drug-likeness (QED) is 0.785. The molecule has 5 rings (SSSR count). The summed E-state index contributed by atoms with van der Waals surface area (Å²) in [5.74, 6) is 1.78. The van der Waals surface area contributed by atoms with E-state index in [1.807, 2.05) is 17.0 Å². The van der Waals surface area contributed by atoms with Crippen molar-refractivity contribution in [2.45, 2.75) is 50.6 Å². The standard InChI is InChI=1S/C22H30N4O2/c27-21-5-1-4-20-18-11-16(14-26(20)21)13-25(15-18)19-6-9-24(10-7-19)22(28)17-3-2-8-23-12-17/h2-3,8,12,16,18-20H,1,4-7,9-11,13-15H2/t16?,18?,20-/m1/s1. The van der Waals surface area contributed by atoms with Gasteiger partial charge in [0.05, 0.1) is 5.56 Å². The molecular formula is C22H30N4O2. The number of rotatable bonds is 2. The van der Waals surface area contributed by atoms with Crippen LogP contribution in [0.15, 0.2) is 24.5 Å². The number of amides is 2. The van der Waals surface area contributed by atoms with Crippen LogP contribution in [0.4, 0.5) is 0 Å². The third-order valence-corrected chi connectivity index (χ3v) is 7.38. The van der Waals surface area contributed by atoms with Gasteiger partial charge in [-0.25, -0.2) is 0 Å². The Morgan fingerprint density at radius 2 is 1.96 bits per heavy atom. The molecule has 0 spiro atoms. The SMILES string of the molecule is O=C(c1cccnc1)N1CCC(N2CC3CC(C2)[C@H]2CCCC(=O)N2C3)CC1. The first-order valence-corrected chi connectivity index (χ1v) is 10.9. The van der Waals surface area contributed by atoms with Gasteiger partial charge in [-0.1, -0.05) is 0 Å². The third-order valence-electron chi connectivity index (χ3n) is 7.38. The number of likely N-dealkylation sites (tertiary alicyclic amines) is 2. The van der Waals surface area contributed by atoms with Gasteiger partial charge >= 0.3 is 0 Å². The van der Waals surface area contributed by atoms with Crippen LogP contribution in [0.5, 0.6) is 0 Å². The number of hydrogen-bond acceptors (Lipinski definition) is 4. The van der Waals surface area contributed by atoms with E-state index in [0.717, 1.165) is 58.4 Å². The Morgan fingerprint density at radius 3 is 2.75 bits per heavy atom. The van der Waals surface area contributed by atoms with Gasteiger partial charge in [0.25, 0.3) is 5.91 Å². The van der Waals surface area contributed by atoms with Crippen molar-refractivity contribution in [2.75, 3.05) is 32.7 Å². The van der Waals surface area contributed by atoms with Crippen molar-refractivity contribution in [2.24, 2.45) is 11.8 Å². The molecule has 150 valence electrons. The lowest BCUT2D eigenvalue weighted by atomic mass is 9.75. The Hall–Kier alpha value is -1.95. The molecule has 0 saturated carbocycles. The van der Waals surface area contributed by atoms with Crippen molar-refractivity contribution in [3.05, 3.63) is 30.1 Å². The van der Waals surface area contributed by atoms with E-state index in [-0.39, 0.29) is 5.91 Å². The molecule has 0 aliphatic carbocycles. The minimum Gasteiger partial charge on any atom is -0.339 e. The van der Waals surface area contributed by atoms with E-state index < -0.39 is 0 Å². The molecule has 4 saturated heterocycles. The van der Waals surface area contributed by atoms with Gasteiger partial charge in [0.1, 0.15) is 0 Å². The number of aromatic nitrogens is 1. The summed E-state index contributed by atoms with van der Waals surface area (Å²) in [5.41, 5.74) is 0.690. The first-order valence-electron chi connectivity index (χ1n) is 10.9. The summed E-state index contributed by atoms with van der Waals surface area (Å²) < 4.78 is 0. The molecule has 0 aromatic carbocycles. The van der Waals surface area contributed by atoms with E-state index in [1.165, 1.54) is 12.8 Å². The highest BCUT2D eigenvalue weighted by Crippen LogP contribution is 2.39. The molecule has 1 aromatic heterocycles. The summed E-state index contributed by atoms with van der Waals surface area (Å²) in [7, 11) is 0. The van der Waals surface area contributed by atoms with Crippen LogP contribution in [0, 0.1) is 11.8 Å². The summed E-state index contributed by atoms with van der Waals surface area (Å²) in [6, 6.07) is 4.73. The molecule has 6 heteroatoms. The average molecular weight is 383 g/mol. The lowest BCUT2D eigenvalue weighted by Crippen LogP contribution is -2.62. The fourth-order valence-electron chi connectivity index (χ4n) is 6.05. The van der Waals surface area contributed by atoms with E-state index in [1.54, 1.807) is 12.4 Å². The Balaban J connectivity index is 1.20. The van der Waals surface area contributed by atoms with E-state index in [2.05, 4.69) is 14.8 Å². The predicted molar refractivity (Wildman–Crippen MR) is 106 cm³/mol. The maximum Gasteiger partial charge on any atom is 0.255 e. The van der Waals surface area contributed by atoms with Gasteiger partial charge in [0.15, 0.2) is 0 Å². The van der Waals surface area contributed by atoms with Crippen molar-refractivity contribution >= 4 is 11.8 Å². The second-order valence-corrected chi connectivity index (χ2v) is 9.09. The molecule has 0 radical (unpaired) electrons. The van der Waals surface area contributed by atoms with Crippen LogP contribution in [0.25, 0.3) is 0 Å². The first-order chi connectivity index (χ1) is 13.7. The number of nitrogens with zero attached hydrogens (tertiary/aromatic N) is 4. The molecule has 2 bridgehead atoms. The molecule has 4 fully saturated rings. The lowest BCUT2D eigenvalue weighted by molar-refractivity contribution is -0.145. The van der Waals surface area contributed by atoms with Crippen molar-refractivity contribution in [1.29, 1.82) is 0 Å². The Morgan fingerprint density at radius 1 is 1.11 bits per heavy atom. The number of carbonyl (C=O) groups excluding carboxylic acids is 2. The van der Waals surface area contributed by atoms with Gasteiger partial charge < -0.3 is 9.80 Å². The minimum atomic E-state index is 0.110. The zero-order valence-electron chi connectivity index (χ0n) is 16.5. The predicted octanol–water partition coefficient (Wildman–Crippen LogP) is 2.02. The minimum absolute atomic E-state index is 0.110. The zero-order chi connectivity index (χ0) is 19.1. The van der Waals surface area contributed by atoms with Gasteiger partial charge in [-0.05, 0) is 56.1 Å². The lowest BCUT2D eigenvalue weighted by Gasteiger charge is -2.54. The van der Waals surface area contributed by atoms with Gasteiger partial charge in [0, 0.05) is 63.6 Å². The Kier molecular flexibility index (Phi) is 4.83. The zero-order valence-corrected chi connectivity index (χ0v) is 16.5. The van der Waals surface area contributed by atoms with Crippen molar-refractivity contribution in [1.82, 2.24) is 19.7 Å². The summed E-state index contributed by atoms with van der Waals surface area (Å²) in [6.45, 7) is 4.88. The van der Waals surface area contributed by atoms with Gasteiger partial charge in [-0.15, -0.1) is 0 Å². The van der Waals surface area contributed by atoms with Crippen LogP contribution in [0.1, 0.15) is 48.9 Å². The summed E-state index contributed by atoms with van der Waals surface area (Å²) >= 11 is 0. The Labute approximate surface area is 166 Å². The Bertz CT molecular complexity index is 731. The molecule has 2 unspecified atom stereocenters. The largest absolute Gasteiger partial charge is 0.339 e. The highest BCUT2D eigenvalue weighted by atomic mass is 16.2. The number of carbonyl (C=O) groups is 2. The molecular weight excluding hydrogens is 352 g/mol. The van der Waals surface area contributed by atoms with E-state index in [0.29, 0.717) is 35.4 Å². The first kappa shape index (κ1) is 18.1. The molecule has 4 aliphatic rings. The molecule has 0 N–H and O–H groups in total. The van der Waals surface area contributed by atoms with Crippen LogP contribution in [0.3, 0.4) is 0 Å². The number of piperidine rings is 4. The fourth-order valence-corrected chi connectivity index (χ4v) is 6.05. The molecule has 28 heavy (non-hydrogen) atoms. The summed E-state index contributed by atoms with van der Waals surface area (Å²) in [4.78, 5) is 36.0. The van der Waals surface area contributed by atoms with E-state index in [4.69, 9.17) is 0 Å².